The second kappa shape index (κ2) is 6.30. The molecule has 1 aliphatic rings. The van der Waals surface area contributed by atoms with E-state index < -0.39 is 0 Å². The smallest absolute Gasteiger partial charge is 0.261 e. The molecule has 4 rings (SSSR count). The van der Waals surface area contributed by atoms with Gasteiger partial charge in [0.05, 0.1) is 4.88 Å². The summed E-state index contributed by atoms with van der Waals surface area (Å²) in [6.07, 6.45) is 3.00. The maximum Gasteiger partial charge on any atom is 0.261 e. The Labute approximate surface area is 143 Å². The summed E-state index contributed by atoms with van der Waals surface area (Å²) in [5, 5.41) is 5.12. The van der Waals surface area contributed by atoms with Crippen molar-refractivity contribution in [3.63, 3.8) is 0 Å². The number of amides is 1. The first-order chi connectivity index (χ1) is 11.3. The van der Waals surface area contributed by atoms with Crippen molar-refractivity contribution in [1.82, 2.24) is 5.32 Å². The Hall–Kier alpha value is -1.91. The Morgan fingerprint density at radius 3 is 2.83 bits per heavy atom. The zero-order valence-corrected chi connectivity index (χ0v) is 14.3. The summed E-state index contributed by atoms with van der Waals surface area (Å²) in [5.41, 5.74) is 4.01. The molecule has 2 aromatic heterocycles. The van der Waals surface area contributed by atoms with Crippen molar-refractivity contribution in [1.29, 1.82) is 0 Å². The van der Waals surface area contributed by atoms with Gasteiger partial charge in [0.15, 0.2) is 0 Å². The monoisotopic (exact) mass is 339 g/mol. The summed E-state index contributed by atoms with van der Waals surface area (Å²) in [6, 6.07) is 14.8. The molecule has 0 atom stereocenters. The third-order valence-electron chi connectivity index (χ3n) is 4.20. The highest BCUT2D eigenvalue weighted by Gasteiger charge is 2.21. The van der Waals surface area contributed by atoms with Crippen LogP contribution < -0.4 is 5.32 Å². The van der Waals surface area contributed by atoms with Gasteiger partial charge in [0.2, 0.25) is 0 Å². The number of benzene rings is 1. The maximum atomic E-state index is 12.4. The first-order valence-corrected chi connectivity index (χ1v) is 9.52. The van der Waals surface area contributed by atoms with E-state index in [0.29, 0.717) is 6.54 Å². The number of hydrogen-bond donors (Lipinski definition) is 1. The Balaban J connectivity index is 1.48. The van der Waals surface area contributed by atoms with Crippen LogP contribution in [0.2, 0.25) is 0 Å². The van der Waals surface area contributed by atoms with E-state index in [1.807, 2.05) is 6.07 Å². The topological polar surface area (TPSA) is 29.1 Å². The Kier molecular flexibility index (Phi) is 4.02. The summed E-state index contributed by atoms with van der Waals surface area (Å²) in [4.78, 5) is 15.8. The lowest BCUT2D eigenvalue weighted by molar-refractivity contribution is 0.0958. The average Bonchev–Trinajstić information content (AvgIpc) is 3.24. The van der Waals surface area contributed by atoms with Gasteiger partial charge in [0.1, 0.15) is 0 Å². The fourth-order valence-electron chi connectivity index (χ4n) is 3.02. The van der Waals surface area contributed by atoms with Gasteiger partial charge in [-0.3, -0.25) is 4.79 Å². The molecule has 2 heterocycles. The summed E-state index contributed by atoms with van der Waals surface area (Å²) in [5.74, 6) is 0.0541. The molecule has 116 valence electrons. The molecule has 2 nitrogen and oxygen atoms in total. The second-order valence-electron chi connectivity index (χ2n) is 5.71. The highest BCUT2D eigenvalue weighted by atomic mass is 32.1. The van der Waals surface area contributed by atoms with Crippen LogP contribution in [0.5, 0.6) is 0 Å². The minimum Gasteiger partial charge on any atom is -0.351 e. The van der Waals surface area contributed by atoms with Crippen LogP contribution in [0.3, 0.4) is 0 Å². The zero-order valence-electron chi connectivity index (χ0n) is 12.7. The van der Waals surface area contributed by atoms with Crippen molar-refractivity contribution in [2.45, 2.75) is 19.3 Å². The molecule has 0 saturated carbocycles. The first kappa shape index (κ1) is 14.7. The normalized spacial score (nSPS) is 12.5. The van der Waals surface area contributed by atoms with Crippen molar-refractivity contribution >= 4 is 28.6 Å². The molecule has 1 aliphatic carbocycles. The molecular weight excluding hydrogens is 322 g/mol. The van der Waals surface area contributed by atoms with E-state index in [1.54, 1.807) is 22.7 Å². The molecule has 0 unspecified atom stereocenters. The number of rotatable bonds is 4. The summed E-state index contributed by atoms with van der Waals surface area (Å²) in [6.45, 7) is 0.693. The van der Waals surface area contributed by atoms with Crippen LogP contribution in [0.1, 0.15) is 25.7 Å². The van der Waals surface area contributed by atoms with E-state index in [9.17, 15) is 4.79 Å². The van der Waals surface area contributed by atoms with Gasteiger partial charge in [0.25, 0.3) is 5.91 Å². The Morgan fingerprint density at radius 2 is 1.96 bits per heavy atom. The molecule has 0 bridgehead atoms. The average molecular weight is 339 g/mol. The van der Waals surface area contributed by atoms with Crippen molar-refractivity contribution < 1.29 is 4.79 Å². The minimum atomic E-state index is 0.0541. The molecule has 0 aliphatic heterocycles. The lowest BCUT2D eigenvalue weighted by Crippen LogP contribution is -2.24. The van der Waals surface area contributed by atoms with Crippen LogP contribution in [0, 0.1) is 0 Å². The predicted molar refractivity (Wildman–Crippen MR) is 97.5 cm³/mol. The van der Waals surface area contributed by atoms with Crippen LogP contribution >= 0.6 is 22.7 Å². The van der Waals surface area contributed by atoms with Gasteiger partial charge >= 0.3 is 0 Å². The van der Waals surface area contributed by atoms with E-state index in [1.165, 1.54) is 26.4 Å². The molecule has 4 heteroatoms. The molecule has 3 aromatic rings. The first-order valence-electron chi connectivity index (χ1n) is 7.83. The van der Waals surface area contributed by atoms with Crippen LogP contribution in [-0.2, 0) is 19.3 Å². The highest BCUT2D eigenvalue weighted by Crippen LogP contribution is 2.39. The number of thiophene rings is 2. The minimum absolute atomic E-state index is 0.0541. The lowest BCUT2D eigenvalue weighted by Gasteiger charge is -2.15. The van der Waals surface area contributed by atoms with Crippen molar-refractivity contribution in [3.8, 4) is 10.4 Å². The number of carbonyl (C=O) groups excluding carboxylic acids is 1. The van der Waals surface area contributed by atoms with Gasteiger partial charge in [-0.25, -0.2) is 0 Å². The van der Waals surface area contributed by atoms with E-state index in [2.05, 4.69) is 47.1 Å². The van der Waals surface area contributed by atoms with Crippen molar-refractivity contribution in [2.75, 3.05) is 6.54 Å². The molecule has 1 amide bonds. The Morgan fingerprint density at radius 1 is 1.09 bits per heavy atom. The highest BCUT2D eigenvalue weighted by molar-refractivity contribution is 7.17. The largest absolute Gasteiger partial charge is 0.351 e. The fourth-order valence-corrected chi connectivity index (χ4v) is 4.92. The van der Waals surface area contributed by atoms with Gasteiger partial charge in [0, 0.05) is 16.3 Å². The van der Waals surface area contributed by atoms with E-state index in [-0.39, 0.29) is 5.91 Å². The van der Waals surface area contributed by atoms with Gasteiger partial charge in [-0.05, 0) is 53.5 Å². The number of aryl methyl sites for hydroxylation is 2. The quantitative estimate of drug-likeness (QED) is 0.742. The molecule has 0 radical (unpaired) electrons. The summed E-state index contributed by atoms with van der Waals surface area (Å²) >= 11 is 3.36. The third kappa shape index (κ3) is 2.96. The van der Waals surface area contributed by atoms with Crippen LogP contribution in [0.4, 0.5) is 0 Å². The SMILES string of the molecule is O=C(NCCc1cccs1)c1cc2c(s1)-c1ccccc1CC2. The van der Waals surface area contributed by atoms with E-state index in [0.717, 1.165) is 24.1 Å². The number of carbonyl (C=O) groups is 1. The lowest BCUT2D eigenvalue weighted by atomic mass is 9.91. The van der Waals surface area contributed by atoms with Gasteiger partial charge in [-0.1, -0.05) is 30.3 Å². The maximum absolute atomic E-state index is 12.4. The van der Waals surface area contributed by atoms with Gasteiger partial charge in [-0.15, -0.1) is 22.7 Å². The van der Waals surface area contributed by atoms with Crippen molar-refractivity contribution in [3.05, 3.63) is 68.7 Å². The summed E-state index contributed by atoms with van der Waals surface area (Å²) in [7, 11) is 0. The van der Waals surface area contributed by atoms with Crippen LogP contribution in [0.25, 0.3) is 10.4 Å². The van der Waals surface area contributed by atoms with Gasteiger partial charge < -0.3 is 5.32 Å². The van der Waals surface area contributed by atoms with Gasteiger partial charge in [-0.2, -0.15) is 0 Å². The number of fused-ring (bicyclic) bond motifs is 3. The zero-order chi connectivity index (χ0) is 15.6. The van der Waals surface area contributed by atoms with Crippen LogP contribution in [0.15, 0.2) is 47.8 Å². The molecule has 0 spiro atoms. The molecule has 0 saturated heterocycles. The third-order valence-corrected chi connectivity index (χ3v) is 6.34. The second-order valence-corrected chi connectivity index (χ2v) is 7.79. The number of hydrogen-bond acceptors (Lipinski definition) is 3. The fraction of sp³-hybridized carbons (Fsp3) is 0.211. The van der Waals surface area contributed by atoms with Crippen molar-refractivity contribution in [2.24, 2.45) is 0 Å². The van der Waals surface area contributed by atoms with E-state index in [4.69, 9.17) is 0 Å². The van der Waals surface area contributed by atoms with E-state index >= 15 is 0 Å². The predicted octanol–water partition coefficient (Wildman–Crippen LogP) is 4.55. The standard InChI is InChI=1S/C19H17NOS2/c21-19(20-10-9-15-5-3-11-22-15)17-12-14-8-7-13-4-1-2-6-16(13)18(14)23-17/h1-6,11-12H,7-10H2,(H,20,21). The molecule has 1 aromatic carbocycles. The number of nitrogens with one attached hydrogen (secondary N) is 1. The molecular formula is C19H17NOS2. The molecule has 1 N–H and O–H groups in total. The Bertz CT molecular complexity index is 833. The molecule has 0 fully saturated rings. The summed E-state index contributed by atoms with van der Waals surface area (Å²) < 4.78 is 0. The molecule has 23 heavy (non-hydrogen) atoms. The van der Waals surface area contributed by atoms with Crippen LogP contribution in [-0.4, -0.2) is 12.5 Å².